The smallest absolute Gasteiger partial charge is 0.380 e. The van der Waals surface area contributed by atoms with E-state index in [1.54, 1.807) is 13.0 Å². The summed E-state index contributed by atoms with van der Waals surface area (Å²) in [7, 11) is 1.43. The summed E-state index contributed by atoms with van der Waals surface area (Å²) >= 11 is 0. The minimum absolute atomic E-state index is 0.0779. The van der Waals surface area contributed by atoms with E-state index in [1.165, 1.54) is 19.2 Å². The number of nitrogens with one attached hydrogen (secondary N) is 1. The zero-order chi connectivity index (χ0) is 21.4. The molecule has 2 aromatic carbocycles. The average Bonchev–Trinajstić information content (AvgIpc) is 3.08. The minimum Gasteiger partial charge on any atom is -0.380 e. The number of methoxy groups -OCH3 is 1. The number of alkyl halides is 6. The standard InChI is InChI=1S/C20H17F6NO2/c1-12-7-13(11-28-2)9-16(8-12)18(20(24,25)26)10-17(27-29-18)14-3-5-15(6-4-14)19(21,22)23/h3-10,27H,11H2,1-2H3. The maximum absolute atomic E-state index is 14.1. The quantitative estimate of drug-likeness (QED) is 0.667. The molecule has 1 unspecified atom stereocenters. The van der Waals surface area contributed by atoms with Crippen LogP contribution in [0.15, 0.2) is 48.5 Å². The summed E-state index contributed by atoms with van der Waals surface area (Å²) in [5.41, 5.74) is -0.453. The number of hydrogen-bond acceptors (Lipinski definition) is 3. The van der Waals surface area contributed by atoms with Crippen LogP contribution in [0.1, 0.15) is 27.8 Å². The average molecular weight is 417 g/mol. The third-order valence-electron chi connectivity index (χ3n) is 4.49. The molecule has 1 aliphatic rings. The molecule has 1 atom stereocenters. The first-order chi connectivity index (χ1) is 13.5. The molecule has 0 amide bonds. The van der Waals surface area contributed by atoms with Crippen LogP contribution in [0.2, 0.25) is 0 Å². The molecule has 0 radical (unpaired) electrons. The van der Waals surface area contributed by atoms with Crippen LogP contribution in [-0.4, -0.2) is 13.3 Å². The molecule has 1 N–H and O–H groups in total. The van der Waals surface area contributed by atoms with Crippen LogP contribution in [0, 0.1) is 6.92 Å². The van der Waals surface area contributed by atoms with E-state index in [0.717, 1.165) is 30.3 Å². The van der Waals surface area contributed by atoms with Crippen LogP contribution in [0.25, 0.3) is 5.70 Å². The van der Waals surface area contributed by atoms with E-state index in [1.807, 2.05) is 0 Å². The molecule has 3 rings (SSSR count). The molecular formula is C20H17F6NO2. The molecule has 0 spiro atoms. The molecule has 29 heavy (non-hydrogen) atoms. The summed E-state index contributed by atoms with van der Waals surface area (Å²) in [6.45, 7) is 1.77. The Morgan fingerprint density at radius 2 is 1.66 bits per heavy atom. The van der Waals surface area contributed by atoms with Crippen molar-refractivity contribution in [2.75, 3.05) is 7.11 Å². The molecule has 9 heteroatoms. The predicted octanol–water partition coefficient (Wildman–Crippen LogP) is 5.49. The molecule has 2 aromatic rings. The third-order valence-corrected chi connectivity index (χ3v) is 4.49. The van der Waals surface area contributed by atoms with Crippen LogP contribution in [-0.2, 0) is 28.0 Å². The van der Waals surface area contributed by atoms with Crippen LogP contribution in [0.3, 0.4) is 0 Å². The summed E-state index contributed by atoms with van der Waals surface area (Å²) in [4.78, 5) is 5.01. The number of rotatable bonds is 4. The molecular weight excluding hydrogens is 400 g/mol. The first-order valence-corrected chi connectivity index (χ1v) is 8.47. The summed E-state index contributed by atoms with van der Waals surface area (Å²) in [5, 5.41) is 0. The lowest BCUT2D eigenvalue weighted by atomic mass is 9.89. The number of benzene rings is 2. The van der Waals surface area contributed by atoms with E-state index in [9.17, 15) is 26.3 Å². The van der Waals surface area contributed by atoms with Gasteiger partial charge in [0.1, 0.15) is 0 Å². The van der Waals surface area contributed by atoms with E-state index >= 15 is 0 Å². The summed E-state index contributed by atoms with van der Waals surface area (Å²) in [5.74, 6) is 0. The zero-order valence-corrected chi connectivity index (χ0v) is 15.4. The lowest BCUT2D eigenvalue weighted by Crippen LogP contribution is -2.42. The predicted molar refractivity (Wildman–Crippen MR) is 93.3 cm³/mol. The maximum atomic E-state index is 14.1. The third kappa shape index (κ3) is 4.11. The monoisotopic (exact) mass is 417 g/mol. The Bertz CT molecular complexity index is 918. The fourth-order valence-corrected chi connectivity index (χ4v) is 3.15. The fourth-order valence-electron chi connectivity index (χ4n) is 3.15. The highest BCUT2D eigenvalue weighted by molar-refractivity contribution is 5.67. The number of hydroxylamine groups is 1. The Morgan fingerprint density at radius 3 is 2.21 bits per heavy atom. The molecule has 0 saturated carbocycles. The Balaban J connectivity index is 2.06. The van der Waals surface area contributed by atoms with Gasteiger partial charge >= 0.3 is 12.4 Å². The minimum atomic E-state index is -4.83. The highest BCUT2D eigenvalue weighted by Crippen LogP contribution is 2.47. The van der Waals surface area contributed by atoms with Gasteiger partial charge in [-0.25, -0.2) is 0 Å². The molecule has 3 nitrogen and oxygen atoms in total. The van der Waals surface area contributed by atoms with Crippen LogP contribution in [0.5, 0.6) is 0 Å². The Morgan fingerprint density at radius 1 is 1.00 bits per heavy atom. The van der Waals surface area contributed by atoms with Gasteiger partial charge in [0.15, 0.2) is 0 Å². The maximum Gasteiger partial charge on any atom is 0.428 e. The largest absolute Gasteiger partial charge is 0.428 e. The molecule has 156 valence electrons. The van der Waals surface area contributed by atoms with E-state index in [2.05, 4.69) is 5.48 Å². The van der Waals surface area contributed by atoms with Crippen molar-refractivity contribution in [2.45, 2.75) is 31.5 Å². The highest BCUT2D eigenvalue weighted by atomic mass is 19.4. The van der Waals surface area contributed by atoms with Crippen molar-refractivity contribution in [2.24, 2.45) is 0 Å². The van der Waals surface area contributed by atoms with Crippen molar-refractivity contribution in [3.63, 3.8) is 0 Å². The Hall–Kier alpha value is -2.52. The van der Waals surface area contributed by atoms with Gasteiger partial charge in [-0.1, -0.05) is 29.8 Å². The van der Waals surface area contributed by atoms with Gasteiger partial charge in [0.2, 0.25) is 5.60 Å². The second-order valence-corrected chi connectivity index (χ2v) is 6.71. The van der Waals surface area contributed by atoms with Crippen molar-refractivity contribution in [1.82, 2.24) is 5.48 Å². The number of halogens is 6. The summed E-state index contributed by atoms with van der Waals surface area (Å²) in [6.07, 6.45) is -8.53. The fraction of sp³-hybridized carbons (Fsp3) is 0.300. The molecule has 0 saturated heterocycles. The van der Waals surface area contributed by atoms with Crippen molar-refractivity contribution in [3.05, 3.63) is 76.4 Å². The molecule has 1 aliphatic heterocycles. The second kappa shape index (κ2) is 7.38. The normalized spacial score (nSPS) is 19.8. The Labute approximate surface area is 162 Å². The van der Waals surface area contributed by atoms with Gasteiger partial charge in [0.05, 0.1) is 17.9 Å². The van der Waals surface area contributed by atoms with Crippen molar-refractivity contribution in [3.8, 4) is 0 Å². The number of aryl methyl sites for hydroxylation is 1. The van der Waals surface area contributed by atoms with Crippen LogP contribution in [0.4, 0.5) is 26.3 Å². The van der Waals surface area contributed by atoms with E-state index in [0.29, 0.717) is 11.1 Å². The second-order valence-electron chi connectivity index (χ2n) is 6.71. The SMILES string of the molecule is COCc1cc(C)cc(C2(C(F)(F)F)C=C(c3ccc(C(F)(F)F)cc3)NO2)c1. The highest BCUT2D eigenvalue weighted by Gasteiger charge is 2.59. The molecule has 0 aromatic heterocycles. The first kappa shape index (κ1) is 21.2. The number of ether oxygens (including phenoxy) is 1. The van der Waals surface area contributed by atoms with Gasteiger partial charge in [-0.3, -0.25) is 10.3 Å². The number of hydrogen-bond donors (Lipinski definition) is 1. The lowest BCUT2D eigenvalue weighted by molar-refractivity contribution is -0.269. The molecule has 0 aliphatic carbocycles. The van der Waals surface area contributed by atoms with E-state index in [-0.39, 0.29) is 23.4 Å². The van der Waals surface area contributed by atoms with Gasteiger partial charge < -0.3 is 4.74 Å². The van der Waals surface area contributed by atoms with E-state index < -0.39 is 23.5 Å². The van der Waals surface area contributed by atoms with Crippen molar-refractivity contribution < 1.29 is 35.9 Å². The first-order valence-electron chi connectivity index (χ1n) is 8.47. The van der Waals surface area contributed by atoms with Crippen LogP contribution < -0.4 is 5.48 Å². The van der Waals surface area contributed by atoms with Gasteiger partial charge in [0.25, 0.3) is 0 Å². The van der Waals surface area contributed by atoms with Gasteiger partial charge in [-0.2, -0.15) is 26.3 Å². The van der Waals surface area contributed by atoms with Crippen molar-refractivity contribution >= 4 is 5.70 Å². The summed E-state index contributed by atoms with van der Waals surface area (Å²) < 4.78 is 85.4. The van der Waals surface area contributed by atoms with E-state index in [4.69, 9.17) is 9.57 Å². The molecule has 1 heterocycles. The van der Waals surface area contributed by atoms with Gasteiger partial charge in [-0.05, 0) is 42.3 Å². The topological polar surface area (TPSA) is 30.5 Å². The lowest BCUT2D eigenvalue weighted by Gasteiger charge is -2.29. The van der Waals surface area contributed by atoms with Gasteiger partial charge in [0, 0.05) is 12.7 Å². The summed E-state index contributed by atoms with van der Waals surface area (Å²) in [6, 6.07) is 8.15. The zero-order valence-electron chi connectivity index (χ0n) is 15.4. The molecule has 0 fully saturated rings. The van der Waals surface area contributed by atoms with Crippen LogP contribution >= 0.6 is 0 Å². The Kier molecular flexibility index (Phi) is 5.40. The molecule has 0 bridgehead atoms. The van der Waals surface area contributed by atoms with Gasteiger partial charge in [-0.15, -0.1) is 0 Å². The van der Waals surface area contributed by atoms with Crippen molar-refractivity contribution in [1.29, 1.82) is 0 Å².